The molecule has 4 rings (SSSR count). The van der Waals surface area contributed by atoms with Crippen LogP contribution in [0.4, 0.5) is 0 Å². The van der Waals surface area contributed by atoms with Crippen LogP contribution in [0.1, 0.15) is 0 Å². The zero-order chi connectivity index (χ0) is 26.5. The molecular formula is C19H32N2O15. The minimum Gasteiger partial charge on any atom is -0.457 e. The number of aliphatic hydroxyl groups excluding tert-OH is 10. The molecule has 36 heavy (non-hydrogen) atoms. The summed E-state index contributed by atoms with van der Waals surface area (Å²) < 4.78 is 21.6. The number of nitrogens with zero attached hydrogens (tertiary/aromatic N) is 1. The number of aliphatic hydroxyl groups is 11. The van der Waals surface area contributed by atoms with Crippen molar-refractivity contribution in [1.82, 2.24) is 5.32 Å². The van der Waals surface area contributed by atoms with Gasteiger partial charge in [-0.1, -0.05) is 0 Å². The van der Waals surface area contributed by atoms with Crippen LogP contribution < -0.4 is 5.32 Å². The summed E-state index contributed by atoms with van der Waals surface area (Å²) >= 11 is 0. The molecule has 3 fully saturated rings. The van der Waals surface area contributed by atoms with Gasteiger partial charge in [-0.2, -0.15) is 0 Å². The smallest absolute Gasteiger partial charge is 0.287 e. The summed E-state index contributed by atoms with van der Waals surface area (Å²) in [6.07, 6.45) is -20.7. The lowest BCUT2D eigenvalue weighted by Gasteiger charge is -2.46. The second-order valence-corrected chi connectivity index (χ2v) is 9.25. The minimum absolute atomic E-state index is 0.357. The van der Waals surface area contributed by atoms with Crippen LogP contribution in [0.3, 0.4) is 0 Å². The Balaban J connectivity index is 1.44. The molecule has 0 amide bonds. The lowest BCUT2D eigenvalue weighted by atomic mass is 9.96. The number of hydrogen-bond donors (Lipinski definition) is 12. The van der Waals surface area contributed by atoms with Crippen LogP contribution >= 0.6 is 0 Å². The quantitative estimate of drug-likeness (QED) is 0.152. The highest BCUT2D eigenvalue weighted by Gasteiger charge is 2.63. The van der Waals surface area contributed by atoms with Gasteiger partial charge in [-0.15, -0.1) is 0 Å². The Morgan fingerprint density at radius 1 is 0.806 bits per heavy atom. The molecule has 15 atom stereocenters. The Hall–Kier alpha value is -1.29. The fraction of sp³-hybridized carbons (Fsp3) is 0.947. The SMILES string of the molecule is OC[C@H]1O[C@@H](O[C@H]2[C@H](O)[C@@H](O)[C@@H](NC3=N[C@@H]4[C@H](O3)[C@@H](O)[C@H](O)[C@]4(O)CO)O[C@@H]2CO)[C@H](O)[C@@H](O)[C@@H]1O. The number of hydrogen-bond acceptors (Lipinski definition) is 17. The number of aliphatic imine (C=N–C) groups is 1. The minimum atomic E-state index is -2.20. The van der Waals surface area contributed by atoms with Gasteiger partial charge in [0.2, 0.25) is 0 Å². The highest BCUT2D eigenvalue weighted by Crippen LogP contribution is 2.38. The normalized spacial score (nSPS) is 53.0. The molecule has 0 unspecified atom stereocenters. The Labute approximate surface area is 203 Å². The third-order valence-corrected chi connectivity index (χ3v) is 7.02. The van der Waals surface area contributed by atoms with E-state index >= 15 is 0 Å². The maximum absolute atomic E-state index is 10.7. The van der Waals surface area contributed by atoms with Crippen LogP contribution in [-0.4, -0.2) is 173 Å². The summed E-state index contributed by atoms with van der Waals surface area (Å²) in [6.45, 7) is -2.43. The Kier molecular flexibility index (Phi) is 8.06. The van der Waals surface area contributed by atoms with Gasteiger partial charge in [0.25, 0.3) is 6.02 Å². The zero-order valence-corrected chi connectivity index (χ0v) is 18.7. The van der Waals surface area contributed by atoms with Crippen LogP contribution in [0.15, 0.2) is 4.99 Å². The van der Waals surface area contributed by atoms with Crippen LogP contribution in [-0.2, 0) is 18.9 Å². The molecule has 1 saturated carbocycles. The highest BCUT2D eigenvalue weighted by atomic mass is 16.7. The molecule has 1 aliphatic carbocycles. The van der Waals surface area contributed by atoms with E-state index in [1.807, 2.05) is 0 Å². The van der Waals surface area contributed by atoms with Crippen molar-refractivity contribution in [2.45, 2.75) is 91.3 Å². The predicted octanol–water partition coefficient (Wildman–Crippen LogP) is -8.22. The molecule has 208 valence electrons. The van der Waals surface area contributed by atoms with E-state index in [0.29, 0.717) is 0 Å². The van der Waals surface area contributed by atoms with Gasteiger partial charge in [0.15, 0.2) is 18.6 Å². The summed E-state index contributed by atoms with van der Waals surface area (Å²) in [5.74, 6) is 0. The molecule has 0 aromatic carbocycles. The zero-order valence-electron chi connectivity index (χ0n) is 18.7. The molecule has 0 aromatic heterocycles. The van der Waals surface area contributed by atoms with Gasteiger partial charge in [-0.05, 0) is 0 Å². The number of ether oxygens (including phenoxy) is 4. The third kappa shape index (κ3) is 4.48. The predicted molar refractivity (Wildman–Crippen MR) is 110 cm³/mol. The van der Waals surface area contributed by atoms with Crippen molar-refractivity contribution < 1.29 is 75.1 Å². The van der Waals surface area contributed by atoms with Crippen molar-refractivity contribution in [1.29, 1.82) is 0 Å². The molecule has 0 aromatic rings. The molecule has 2 saturated heterocycles. The fourth-order valence-electron chi connectivity index (χ4n) is 4.82. The van der Waals surface area contributed by atoms with Crippen molar-refractivity contribution in [2.75, 3.05) is 19.8 Å². The second-order valence-electron chi connectivity index (χ2n) is 9.25. The molecular weight excluding hydrogens is 496 g/mol. The lowest BCUT2D eigenvalue weighted by molar-refractivity contribution is -0.342. The van der Waals surface area contributed by atoms with Crippen molar-refractivity contribution in [3.05, 3.63) is 0 Å². The first-order valence-corrected chi connectivity index (χ1v) is 11.3. The molecule has 0 spiro atoms. The summed E-state index contributed by atoms with van der Waals surface area (Å²) in [7, 11) is 0. The Morgan fingerprint density at radius 2 is 1.47 bits per heavy atom. The van der Waals surface area contributed by atoms with Crippen LogP contribution in [0, 0.1) is 0 Å². The Morgan fingerprint density at radius 3 is 2.08 bits per heavy atom. The largest absolute Gasteiger partial charge is 0.457 e. The maximum atomic E-state index is 10.7. The van der Waals surface area contributed by atoms with Crippen molar-refractivity contribution >= 4 is 6.02 Å². The summed E-state index contributed by atoms with van der Waals surface area (Å²) in [5, 5.41) is 113. The van der Waals surface area contributed by atoms with Crippen molar-refractivity contribution in [2.24, 2.45) is 4.99 Å². The van der Waals surface area contributed by atoms with Gasteiger partial charge >= 0.3 is 0 Å². The molecule has 4 aliphatic rings. The van der Waals surface area contributed by atoms with Crippen LogP contribution in [0.25, 0.3) is 0 Å². The van der Waals surface area contributed by atoms with Crippen LogP contribution in [0.5, 0.6) is 0 Å². The first kappa shape index (κ1) is 27.7. The third-order valence-electron chi connectivity index (χ3n) is 7.02. The molecule has 17 heteroatoms. The van der Waals surface area contributed by atoms with Gasteiger partial charge < -0.3 is 80.4 Å². The average Bonchev–Trinajstić information content (AvgIpc) is 3.37. The van der Waals surface area contributed by atoms with Gasteiger partial charge in [0, 0.05) is 0 Å². The van der Waals surface area contributed by atoms with Crippen LogP contribution in [0.2, 0.25) is 0 Å². The van der Waals surface area contributed by atoms with E-state index < -0.39 is 111 Å². The van der Waals surface area contributed by atoms with Gasteiger partial charge in [0.1, 0.15) is 72.7 Å². The first-order chi connectivity index (χ1) is 17.0. The monoisotopic (exact) mass is 528 g/mol. The Bertz CT molecular complexity index is 803. The van der Waals surface area contributed by atoms with E-state index in [1.54, 1.807) is 0 Å². The lowest BCUT2D eigenvalue weighted by Crippen LogP contribution is -2.66. The molecule has 17 nitrogen and oxygen atoms in total. The summed E-state index contributed by atoms with van der Waals surface area (Å²) in [4.78, 5) is 3.99. The number of amidine groups is 1. The highest BCUT2D eigenvalue weighted by molar-refractivity contribution is 5.76. The number of fused-ring (bicyclic) bond motifs is 1. The summed E-state index contributed by atoms with van der Waals surface area (Å²) in [6, 6.07) is -1.62. The van der Waals surface area contributed by atoms with E-state index in [1.165, 1.54) is 0 Å². The van der Waals surface area contributed by atoms with Gasteiger partial charge in [-0.25, -0.2) is 4.99 Å². The van der Waals surface area contributed by atoms with Gasteiger partial charge in [-0.3, -0.25) is 0 Å². The molecule has 3 heterocycles. The first-order valence-electron chi connectivity index (χ1n) is 11.3. The molecule has 3 aliphatic heterocycles. The topological polar surface area (TPSA) is 284 Å². The van der Waals surface area contributed by atoms with E-state index in [-0.39, 0.29) is 6.02 Å². The molecule has 0 bridgehead atoms. The number of nitrogens with one attached hydrogen (secondary N) is 1. The fourth-order valence-corrected chi connectivity index (χ4v) is 4.82. The van der Waals surface area contributed by atoms with E-state index in [9.17, 15) is 56.2 Å². The standard InChI is InChI=1S/C19H32N2O15/c22-1-4-6(25)7(26)10(29)17(34-4)35-12-5(2-23)33-16(9(28)8(12)27)21-18-20-14-13(36-18)11(30)15(31)19(14,32)3-24/h4-17,22-32H,1-3H2,(H,20,21)/t4-,5-,6-,7+,8-,9-,10-,11-,12-,13-,14-,15+,16+,17+,19+/m1/s1. The van der Waals surface area contributed by atoms with Crippen molar-refractivity contribution in [3.63, 3.8) is 0 Å². The van der Waals surface area contributed by atoms with Gasteiger partial charge in [0.05, 0.1) is 19.8 Å². The molecule has 0 radical (unpaired) electrons. The summed E-state index contributed by atoms with van der Waals surface area (Å²) in [5.41, 5.74) is -2.20. The van der Waals surface area contributed by atoms with E-state index in [0.717, 1.165) is 0 Å². The van der Waals surface area contributed by atoms with E-state index in [4.69, 9.17) is 18.9 Å². The second kappa shape index (κ2) is 10.5. The maximum Gasteiger partial charge on any atom is 0.287 e. The van der Waals surface area contributed by atoms with E-state index in [2.05, 4.69) is 10.3 Å². The molecule has 12 N–H and O–H groups in total. The number of rotatable bonds is 6. The average molecular weight is 528 g/mol. The van der Waals surface area contributed by atoms with Crippen molar-refractivity contribution in [3.8, 4) is 0 Å².